The number of carbonyl (C=O) groups is 2. The van der Waals surface area contributed by atoms with Crippen molar-refractivity contribution in [2.45, 2.75) is 0 Å². The van der Waals surface area contributed by atoms with Gasteiger partial charge in [-0.2, -0.15) is 0 Å². The molecule has 14 heavy (non-hydrogen) atoms. The minimum Gasteiger partial charge on any atom is -0.408 e. The second kappa shape index (κ2) is 4.70. The Hall–Kier alpha value is -2.24. The van der Waals surface area contributed by atoms with Crippen LogP contribution in [0.1, 0.15) is 0 Å². The molecule has 0 aliphatic carbocycles. The summed E-state index contributed by atoms with van der Waals surface area (Å²) in [5, 5.41) is 0. The predicted molar refractivity (Wildman–Crippen MR) is 46.3 cm³/mol. The van der Waals surface area contributed by atoms with Crippen LogP contribution in [0.5, 0.6) is 5.75 Å². The first-order valence-electron chi connectivity index (χ1n) is 3.67. The number of nitrogens with two attached hydrogens (primary N) is 1. The lowest BCUT2D eigenvalue weighted by molar-refractivity contribution is 0.0910. The van der Waals surface area contributed by atoms with E-state index in [4.69, 9.17) is 0 Å². The van der Waals surface area contributed by atoms with Gasteiger partial charge in [-0.1, -0.05) is 18.2 Å². The summed E-state index contributed by atoms with van der Waals surface area (Å²) in [6, 6.07) is 8.30. The van der Waals surface area contributed by atoms with Gasteiger partial charge in [-0.3, -0.25) is 0 Å². The van der Waals surface area contributed by atoms with Gasteiger partial charge >= 0.3 is 12.2 Å². The van der Waals surface area contributed by atoms with Crippen LogP contribution in [0.15, 0.2) is 30.3 Å². The highest BCUT2D eigenvalue weighted by molar-refractivity contribution is 5.72. The molecule has 0 aliphatic rings. The van der Waals surface area contributed by atoms with Gasteiger partial charge in [0.2, 0.25) is 0 Å². The van der Waals surface area contributed by atoms with E-state index in [2.05, 4.69) is 15.3 Å². The molecule has 6 nitrogen and oxygen atoms in total. The highest BCUT2D eigenvalue weighted by Gasteiger charge is 2.04. The van der Waals surface area contributed by atoms with E-state index < -0.39 is 12.2 Å². The van der Waals surface area contributed by atoms with Crippen molar-refractivity contribution in [2.24, 2.45) is 5.73 Å². The molecule has 0 aromatic heterocycles. The van der Waals surface area contributed by atoms with E-state index in [1.807, 2.05) is 0 Å². The normalized spacial score (nSPS) is 8.86. The second-order valence-corrected chi connectivity index (χ2v) is 2.23. The number of para-hydroxylation sites is 1. The zero-order chi connectivity index (χ0) is 10.4. The quantitative estimate of drug-likeness (QED) is 0.649. The van der Waals surface area contributed by atoms with Crippen LogP contribution in [-0.2, 0) is 4.84 Å². The molecular formula is C8H8N2O4. The average molecular weight is 196 g/mol. The summed E-state index contributed by atoms with van der Waals surface area (Å²) in [6.07, 6.45) is -2.04. The maximum absolute atomic E-state index is 10.9. The molecule has 0 saturated heterocycles. The molecule has 0 heterocycles. The van der Waals surface area contributed by atoms with E-state index in [-0.39, 0.29) is 0 Å². The Morgan fingerprint density at radius 1 is 1.21 bits per heavy atom. The third kappa shape index (κ3) is 3.44. The molecule has 0 aliphatic heterocycles. The van der Waals surface area contributed by atoms with Gasteiger partial charge in [0.1, 0.15) is 5.75 Å². The van der Waals surface area contributed by atoms with Gasteiger partial charge in [0.05, 0.1) is 0 Å². The van der Waals surface area contributed by atoms with E-state index >= 15 is 0 Å². The van der Waals surface area contributed by atoms with Crippen LogP contribution in [0.2, 0.25) is 0 Å². The van der Waals surface area contributed by atoms with Crippen LogP contribution in [0.25, 0.3) is 0 Å². The lowest BCUT2D eigenvalue weighted by Gasteiger charge is -2.03. The van der Waals surface area contributed by atoms with Crippen molar-refractivity contribution in [3.05, 3.63) is 30.3 Å². The number of primary amides is 1. The van der Waals surface area contributed by atoms with Gasteiger partial charge in [0.15, 0.2) is 0 Å². The van der Waals surface area contributed by atoms with E-state index in [1.165, 1.54) is 0 Å². The van der Waals surface area contributed by atoms with Gasteiger partial charge in [-0.25, -0.2) is 9.59 Å². The molecule has 1 rings (SSSR count). The van der Waals surface area contributed by atoms with E-state index in [0.717, 1.165) is 0 Å². The predicted octanol–water partition coefficient (Wildman–Crippen LogP) is 0.785. The fourth-order valence-electron chi connectivity index (χ4n) is 0.708. The van der Waals surface area contributed by atoms with Crippen molar-refractivity contribution >= 4 is 12.2 Å². The summed E-state index contributed by atoms with van der Waals surface area (Å²) in [6.45, 7) is 0. The fourth-order valence-corrected chi connectivity index (χ4v) is 0.708. The van der Waals surface area contributed by atoms with Crippen LogP contribution >= 0.6 is 0 Å². The third-order valence-corrected chi connectivity index (χ3v) is 1.19. The summed E-state index contributed by atoms with van der Waals surface area (Å²) in [5.74, 6) is 0.332. The van der Waals surface area contributed by atoms with Crippen molar-refractivity contribution in [1.82, 2.24) is 5.48 Å². The average Bonchev–Trinajstić information content (AvgIpc) is 2.16. The summed E-state index contributed by atoms with van der Waals surface area (Å²) >= 11 is 0. The Balaban J connectivity index is 2.38. The molecule has 1 aromatic carbocycles. The van der Waals surface area contributed by atoms with Crippen LogP contribution in [-0.4, -0.2) is 12.2 Å². The number of ether oxygens (including phenoxy) is 1. The first-order valence-corrected chi connectivity index (χ1v) is 3.67. The first-order chi connectivity index (χ1) is 6.68. The van der Waals surface area contributed by atoms with Gasteiger partial charge in [-0.15, -0.1) is 5.48 Å². The molecule has 3 N–H and O–H groups in total. The zero-order valence-corrected chi connectivity index (χ0v) is 7.10. The molecule has 6 heteroatoms. The SMILES string of the molecule is NC(=O)ONC(=O)Oc1ccccc1. The Kier molecular flexibility index (Phi) is 3.31. The molecule has 2 amide bonds. The van der Waals surface area contributed by atoms with Crippen molar-refractivity contribution in [2.75, 3.05) is 0 Å². The van der Waals surface area contributed by atoms with Gasteiger partial charge in [-0.05, 0) is 12.1 Å². The fraction of sp³-hybridized carbons (Fsp3) is 0. The number of benzene rings is 1. The standard InChI is InChI=1S/C8H8N2O4/c9-7(11)14-10-8(12)13-6-4-2-1-3-5-6/h1-5H,(H2,9,11)(H,10,12). The monoisotopic (exact) mass is 196 g/mol. The Morgan fingerprint density at radius 2 is 1.86 bits per heavy atom. The molecular weight excluding hydrogens is 188 g/mol. The highest BCUT2D eigenvalue weighted by atomic mass is 16.7. The number of nitrogens with one attached hydrogen (secondary N) is 1. The smallest absolute Gasteiger partial charge is 0.408 e. The molecule has 0 bridgehead atoms. The van der Waals surface area contributed by atoms with Gasteiger partial charge < -0.3 is 15.3 Å². The third-order valence-electron chi connectivity index (χ3n) is 1.19. The Morgan fingerprint density at radius 3 is 2.43 bits per heavy atom. The second-order valence-electron chi connectivity index (χ2n) is 2.23. The number of hydrogen-bond acceptors (Lipinski definition) is 4. The van der Waals surface area contributed by atoms with E-state index in [0.29, 0.717) is 5.75 Å². The zero-order valence-electron chi connectivity index (χ0n) is 7.10. The van der Waals surface area contributed by atoms with Crippen LogP contribution < -0.4 is 16.0 Å². The number of amides is 2. The number of carbonyl (C=O) groups excluding carboxylic acids is 2. The van der Waals surface area contributed by atoms with E-state index in [9.17, 15) is 9.59 Å². The maximum Gasteiger partial charge on any atom is 0.446 e. The Bertz CT molecular complexity index is 325. The highest BCUT2D eigenvalue weighted by Crippen LogP contribution is 2.07. The largest absolute Gasteiger partial charge is 0.446 e. The molecule has 0 radical (unpaired) electrons. The van der Waals surface area contributed by atoms with Crippen LogP contribution in [0, 0.1) is 0 Å². The van der Waals surface area contributed by atoms with Crippen molar-refractivity contribution in [3.8, 4) is 5.75 Å². The molecule has 0 fully saturated rings. The topological polar surface area (TPSA) is 90.7 Å². The minimum absolute atomic E-state index is 0.332. The summed E-state index contributed by atoms with van der Waals surface area (Å²) in [7, 11) is 0. The summed E-state index contributed by atoms with van der Waals surface area (Å²) < 4.78 is 4.68. The number of rotatable bonds is 1. The molecule has 74 valence electrons. The lowest BCUT2D eigenvalue weighted by Crippen LogP contribution is -2.32. The molecule has 0 unspecified atom stereocenters. The summed E-state index contributed by atoms with van der Waals surface area (Å²) in [4.78, 5) is 24.9. The lowest BCUT2D eigenvalue weighted by atomic mass is 10.3. The molecule has 0 atom stereocenters. The minimum atomic E-state index is -1.12. The van der Waals surface area contributed by atoms with Crippen LogP contribution in [0.3, 0.4) is 0 Å². The number of hydroxylamine groups is 1. The summed E-state index contributed by atoms with van der Waals surface area (Å²) in [5.41, 5.74) is 6.30. The van der Waals surface area contributed by atoms with Gasteiger partial charge in [0.25, 0.3) is 0 Å². The van der Waals surface area contributed by atoms with Crippen LogP contribution in [0.4, 0.5) is 9.59 Å². The van der Waals surface area contributed by atoms with Crippen molar-refractivity contribution in [1.29, 1.82) is 0 Å². The number of hydrogen-bond donors (Lipinski definition) is 2. The van der Waals surface area contributed by atoms with Crippen molar-refractivity contribution < 1.29 is 19.2 Å². The van der Waals surface area contributed by atoms with Gasteiger partial charge in [0, 0.05) is 0 Å². The molecule has 1 aromatic rings. The molecule has 0 saturated carbocycles. The first kappa shape index (κ1) is 9.85. The molecule has 0 spiro atoms. The maximum atomic E-state index is 10.9. The van der Waals surface area contributed by atoms with E-state index in [1.54, 1.807) is 35.8 Å². The van der Waals surface area contributed by atoms with Crippen molar-refractivity contribution in [3.63, 3.8) is 0 Å². The Labute approximate surface area is 79.6 Å².